The van der Waals surface area contributed by atoms with Gasteiger partial charge in [0.2, 0.25) is 0 Å². The summed E-state index contributed by atoms with van der Waals surface area (Å²) in [7, 11) is 1.99. The molecular weight excluding hydrogens is 272 g/mol. The van der Waals surface area contributed by atoms with E-state index in [0.717, 1.165) is 22.7 Å². The highest BCUT2D eigenvalue weighted by atomic mass is 16.5. The van der Waals surface area contributed by atoms with Crippen molar-refractivity contribution in [3.63, 3.8) is 0 Å². The van der Waals surface area contributed by atoms with Crippen LogP contribution in [-0.2, 0) is 7.05 Å². The van der Waals surface area contributed by atoms with Crippen LogP contribution in [0, 0.1) is 6.92 Å². The van der Waals surface area contributed by atoms with Gasteiger partial charge in [-0.25, -0.2) is 0 Å². The smallest absolute Gasteiger partial charge is 0.127 e. The highest BCUT2D eigenvalue weighted by Gasteiger charge is 1.97. The molecule has 0 atom stereocenters. The molecule has 0 saturated carbocycles. The van der Waals surface area contributed by atoms with Gasteiger partial charge >= 0.3 is 0 Å². The van der Waals surface area contributed by atoms with E-state index in [9.17, 15) is 0 Å². The Bertz CT molecular complexity index is 768. The van der Waals surface area contributed by atoms with Crippen LogP contribution < -0.4 is 4.74 Å². The fourth-order valence-electron chi connectivity index (χ4n) is 2.09. The van der Waals surface area contributed by atoms with Gasteiger partial charge in [0.15, 0.2) is 0 Å². The molecule has 110 valence electrons. The van der Waals surface area contributed by atoms with E-state index in [2.05, 4.69) is 11.9 Å². The number of aryl methyl sites for hydroxylation is 2. The summed E-state index contributed by atoms with van der Waals surface area (Å²) in [5.74, 6) is 1.65. The summed E-state index contributed by atoms with van der Waals surface area (Å²) in [6, 6.07) is 17.8. The van der Waals surface area contributed by atoms with Crippen molar-refractivity contribution in [3.8, 4) is 11.5 Å². The van der Waals surface area contributed by atoms with Crippen molar-refractivity contribution in [3.05, 3.63) is 78.1 Å². The maximum absolute atomic E-state index is 5.80. The first-order chi connectivity index (χ1) is 10.7. The molecule has 0 amide bonds. The molecule has 0 radical (unpaired) electrons. The van der Waals surface area contributed by atoms with Gasteiger partial charge < -0.3 is 9.30 Å². The fraction of sp³-hybridized carbons (Fsp3) is 0.105. The molecule has 0 aliphatic heterocycles. The van der Waals surface area contributed by atoms with Gasteiger partial charge in [-0.2, -0.15) is 0 Å². The normalized spacial score (nSPS) is 11.0. The van der Waals surface area contributed by atoms with Crippen LogP contribution in [0.3, 0.4) is 0 Å². The fourth-order valence-corrected chi connectivity index (χ4v) is 2.09. The first-order valence-corrected chi connectivity index (χ1v) is 7.20. The molecule has 0 fully saturated rings. The molecule has 1 heterocycles. The summed E-state index contributed by atoms with van der Waals surface area (Å²) >= 11 is 0. The molecule has 3 rings (SSSR count). The molecule has 0 aliphatic rings. The second-order valence-corrected chi connectivity index (χ2v) is 5.28. The number of nitrogens with zero attached hydrogens (tertiary/aromatic N) is 2. The molecule has 0 unspecified atom stereocenters. The van der Waals surface area contributed by atoms with Gasteiger partial charge in [-0.1, -0.05) is 17.7 Å². The summed E-state index contributed by atoms with van der Waals surface area (Å²) in [5.41, 5.74) is 3.21. The van der Waals surface area contributed by atoms with Crippen LogP contribution in [0.4, 0.5) is 5.69 Å². The average molecular weight is 290 g/mol. The van der Waals surface area contributed by atoms with Crippen molar-refractivity contribution >= 4 is 11.9 Å². The largest absolute Gasteiger partial charge is 0.457 e. The van der Waals surface area contributed by atoms with Crippen molar-refractivity contribution in [2.75, 3.05) is 0 Å². The Labute approximate surface area is 130 Å². The Kier molecular flexibility index (Phi) is 4.05. The van der Waals surface area contributed by atoms with Crippen LogP contribution in [0.2, 0.25) is 0 Å². The molecular formula is C19H18N2O. The van der Waals surface area contributed by atoms with E-state index in [0.29, 0.717) is 0 Å². The minimum absolute atomic E-state index is 0.808. The zero-order valence-corrected chi connectivity index (χ0v) is 12.7. The highest BCUT2D eigenvalue weighted by Crippen LogP contribution is 2.24. The molecule has 0 N–H and O–H groups in total. The van der Waals surface area contributed by atoms with Gasteiger partial charge in [-0.3, -0.25) is 4.99 Å². The summed E-state index contributed by atoms with van der Waals surface area (Å²) in [5, 5.41) is 0. The molecule has 22 heavy (non-hydrogen) atoms. The Morgan fingerprint density at radius 2 is 1.55 bits per heavy atom. The van der Waals surface area contributed by atoms with E-state index in [1.807, 2.05) is 84.8 Å². The van der Waals surface area contributed by atoms with Crippen LogP contribution in [-0.4, -0.2) is 10.8 Å². The van der Waals surface area contributed by atoms with E-state index in [1.165, 1.54) is 5.56 Å². The van der Waals surface area contributed by atoms with Gasteiger partial charge in [0.05, 0.1) is 5.69 Å². The van der Waals surface area contributed by atoms with Crippen LogP contribution in [0.25, 0.3) is 0 Å². The highest BCUT2D eigenvalue weighted by molar-refractivity contribution is 5.81. The van der Waals surface area contributed by atoms with Gasteiger partial charge in [-0.05, 0) is 49.4 Å². The van der Waals surface area contributed by atoms with Crippen molar-refractivity contribution in [2.45, 2.75) is 6.92 Å². The minimum Gasteiger partial charge on any atom is -0.457 e. The van der Waals surface area contributed by atoms with E-state index in [4.69, 9.17) is 4.74 Å². The summed E-state index contributed by atoms with van der Waals surface area (Å²) < 4.78 is 7.80. The maximum Gasteiger partial charge on any atom is 0.127 e. The molecule has 1 aromatic heterocycles. The Morgan fingerprint density at radius 1 is 0.909 bits per heavy atom. The summed E-state index contributed by atoms with van der Waals surface area (Å²) in [6.07, 6.45) is 5.88. The van der Waals surface area contributed by atoms with E-state index >= 15 is 0 Å². The monoisotopic (exact) mass is 290 g/mol. The van der Waals surface area contributed by atoms with Gasteiger partial charge in [-0.15, -0.1) is 0 Å². The zero-order valence-electron chi connectivity index (χ0n) is 12.7. The minimum atomic E-state index is 0.808. The molecule has 0 saturated heterocycles. The zero-order chi connectivity index (χ0) is 15.4. The lowest BCUT2D eigenvalue weighted by Crippen LogP contribution is -1.83. The summed E-state index contributed by atoms with van der Waals surface area (Å²) in [6.45, 7) is 2.06. The predicted octanol–water partition coefficient (Wildman–Crippen LogP) is 4.88. The molecule has 3 aromatic rings. The second kappa shape index (κ2) is 6.31. The third-order valence-electron chi connectivity index (χ3n) is 3.31. The van der Waals surface area contributed by atoms with E-state index < -0.39 is 0 Å². The third kappa shape index (κ3) is 3.64. The van der Waals surface area contributed by atoms with Gasteiger partial charge in [0, 0.05) is 31.2 Å². The number of hydrogen-bond acceptors (Lipinski definition) is 2. The molecule has 0 bridgehead atoms. The maximum atomic E-state index is 5.80. The number of rotatable bonds is 4. The lowest BCUT2D eigenvalue weighted by molar-refractivity contribution is 0.482. The summed E-state index contributed by atoms with van der Waals surface area (Å²) in [4.78, 5) is 4.46. The van der Waals surface area contributed by atoms with E-state index in [-0.39, 0.29) is 0 Å². The van der Waals surface area contributed by atoms with Gasteiger partial charge in [0.25, 0.3) is 0 Å². The molecule has 3 nitrogen and oxygen atoms in total. The quantitative estimate of drug-likeness (QED) is 0.629. The van der Waals surface area contributed by atoms with E-state index in [1.54, 1.807) is 0 Å². The standard InChI is InChI=1S/C19H18N2O/c1-15-3-7-18(8-4-15)22-19-9-5-17(6-10-19)20-13-16-11-12-21(2)14-16/h3-14H,1-2H3. The van der Waals surface area contributed by atoms with Crippen LogP contribution >= 0.6 is 0 Å². The Hall–Kier alpha value is -2.81. The van der Waals surface area contributed by atoms with Crippen LogP contribution in [0.1, 0.15) is 11.1 Å². The predicted molar refractivity (Wildman–Crippen MR) is 90.4 cm³/mol. The second-order valence-electron chi connectivity index (χ2n) is 5.28. The third-order valence-corrected chi connectivity index (χ3v) is 3.31. The van der Waals surface area contributed by atoms with Crippen molar-refractivity contribution < 1.29 is 4.74 Å². The van der Waals surface area contributed by atoms with Crippen molar-refractivity contribution in [1.82, 2.24) is 4.57 Å². The number of aromatic nitrogens is 1. The number of benzene rings is 2. The topological polar surface area (TPSA) is 26.5 Å². The van der Waals surface area contributed by atoms with Crippen LogP contribution in [0.15, 0.2) is 72.0 Å². The number of hydrogen-bond donors (Lipinski definition) is 0. The lowest BCUT2D eigenvalue weighted by atomic mass is 10.2. The first kappa shape index (κ1) is 14.1. The number of aliphatic imine (C=N–C) groups is 1. The van der Waals surface area contributed by atoms with Crippen LogP contribution in [0.5, 0.6) is 11.5 Å². The molecule has 0 spiro atoms. The molecule has 3 heteroatoms. The Balaban J connectivity index is 1.67. The SMILES string of the molecule is Cc1ccc(Oc2ccc(N=Cc3ccn(C)c3)cc2)cc1. The number of ether oxygens (including phenoxy) is 1. The average Bonchev–Trinajstić information content (AvgIpc) is 2.94. The lowest BCUT2D eigenvalue weighted by Gasteiger charge is -2.05. The first-order valence-electron chi connectivity index (χ1n) is 7.20. The molecule has 0 aliphatic carbocycles. The van der Waals surface area contributed by atoms with Gasteiger partial charge in [0.1, 0.15) is 11.5 Å². The van der Waals surface area contributed by atoms with Crippen molar-refractivity contribution in [1.29, 1.82) is 0 Å². The molecule has 2 aromatic carbocycles. The Morgan fingerprint density at radius 3 is 2.14 bits per heavy atom. The van der Waals surface area contributed by atoms with Crippen molar-refractivity contribution in [2.24, 2.45) is 12.0 Å².